The van der Waals surface area contributed by atoms with Gasteiger partial charge in [0, 0.05) is 18.7 Å². The number of fused-ring (bicyclic) bond motifs is 1. The van der Waals surface area contributed by atoms with Gasteiger partial charge in [-0.3, -0.25) is 19.3 Å². The van der Waals surface area contributed by atoms with Crippen LogP contribution in [0.3, 0.4) is 0 Å². The summed E-state index contributed by atoms with van der Waals surface area (Å²) in [5.41, 5.74) is 3.36. The number of benzene rings is 3. The molecule has 0 unspecified atom stereocenters. The van der Waals surface area contributed by atoms with E-state index >= 15 is 0 Å². The van der Waals surface area contributed by atoms with E-state index in [0.717, 1.165) is 5.56 Å². The zero-order valence-corrected chi connectivity index (χ0v) is 20.2. The van der Waals surface area contributed by atoms with E-state index in [1.165, 1.54) is 4.90 Å². The lowest BCUT2D eigenvalue weighted by Gasteiger charge is -2.14. The Bertz CT molecular complexity index is 1380. The third kappa shape index (κ3) is 5.16. The van der Waals surface area contributed by atoms with Crippen molar-refractivity contribution in [3.8, 4) is 0 Å². The van der Waals surface area contributed by atoms with Gasteiger partial charge < -0.3 is 5.32 Å². The number of carbonyl (C=O) groups is 3. The number of aryl methyl sites for hydroxylation is 2. The standard InChI is InChI=1S/C26H25N3O5S/c1-17-7-8-18(2)23(15-17)35(33,34)28-14-13-27-24(30)20-11-9-19(10-12-20)16-29-25(31)21-5-3-4-6-22(21)26(29)32/h3-12,15,28H,13-14,16H2,1-2H3,(H,27,30). The van der Waals surface area contributed by atoms with Crippen molar-refractivity contribution < 1.29 is 22.8 Å². The second-order valence-corrected chi connectivity index (χ2v) is 10.1. The van der Waals surface area contributed by atoms with Gasteiger partial charge in [0.05, 0.1) is 22.6 Å². The van der Waals surface area contributed by atoms with Crippen molar-refractivity contribution in [3.63, 3.8) is 0 Å². The average molecular weight is 492 g/mol. The normalized spacial score (nSPS) is 13.1. The maximum absolute atomic E-state index is 12.5. The molecule has 8 nitrogen and oxygen atoms in total. The Morgan fingerprint density at radius 2 is 1.49 bits per heavy atom. The molecule has 4 rings (SSSR count). The van der Waals surface area contributed by atoms with Crippen molar-refractivity contribution in [3.05, 3.63) is 100 Å². The molecule has 3 amide bonds. The molecule has 3 aromatic carbocycles. The fourth-order valence-corrected chi connectivity index (χ4v) is 5.22. The van der Waals surface area contributed by atoms with Crippen LogP contribution in [0.15, 0.2) is 71.6 Å². The highest BCUT2D eigenvalue weighted by Gasteiger charge is 2.34. The van der Waals surface area contributed by atoms with Gasteiger partial charge in [-0.05, 0) is 60.9 Å². The summed E-state index contributed by atoms with van der Waals surface area (Å²) in [5, 5.41) is 2.68. The second-order valence-electron chi connectivity index (χ2n) is 8.36. The average Bonchev–Trinajstić information content (AvgIpc) is 3.08. The number of amides is 3. The molecule has 0 spiro atoms. The Morgan fingerprint density at radius 1 is 0.857 bits per heavy atom. The maximum Gasteiger partial charge on any atom is 0.261 e. The van der Waals surface area contributed by atoms with Crippen molar-refractivity contribution in [2.45, 2.75) is 25.3 Å². The highest BCUT2D eigenvalue weighted by Crippen LogP contribution is 2.24. The minimum Gasteiger partial charge on any atom is -0.351 e. The Labute approximate surface area is 204 Å². The van der Waals surface area contributed by atoms with Crippen molar-refractivity contribution in [2.75, 3.05) is 13.1 Å². The second kappa shape index (κ2) is 9.81. The molecule has 0 saturated carbocycles. The maximum atomic E-state index is 12.5. The van der Waals surface area contributed by atoms with Gasteiger partial charge in [-0.25, -0.2) is 13.1 Å². The summed E-state index contributed by atoms with van der Waals surface area (Å²) in [7, 11) is -3.68. The predicted molar refractivity (Wildman–Crippen MR) is 131 cm³/mol. The van der Waals surface area contributed by atoms with Crippen LogP contribution in [-0.4, -0.2) is 44.1 Å². The Balaban J connectivity index is 1.30. The number of hydrogen-bond donors (Lipinski definition) is 2. The third-order valence-corrected chi connectivity index (χ3v) is 7.37. The van der Waals surface area contributed by atoms with Crippen LogP contribution in [0.1, 0.15) is 47.8 Å². The van der Waals surface area contributed by atoms with Gasteiger partial charge in [0.25, 0.3) is 17.7 Å². The topological polar surface area (TPSA) is 113 Å². The van der Waals surface area contributed by atoms with E-state index in [-0.39, 0.29) is 42.3 Å². The lowest BCUT2D eigenvalue weighted by atomic mass is 10.1. The van der Waals surface area contributed by atoms with Gasteiger partial charge in [0.1, 0.15) is 0 Å². The van der Waals surface area contributed by atoms with Gasteiger partial charge >= 0.3 is 0 Å². The molecular weight excluding hydrogens is 466 g/mol. The number of sulfonamides is 1. The molecule has 2 N–H and O–H groups in total. The number of nitrogens with one attached hydrogen (secondary N) is 2. The van der Waals surface area contributed by atoms with Crippen molar-refractivity contribution >= 4 is 27.7 Å². The lowest BCUT2D eigenvalue weighted by molar-refractivity contribution is 0.0641. The van der Waals surface area contributed by atoms with E-state index in [2.05, 4.69) is 10.0 Å². The summed E-state index contributed by atoms with van der Waals surface area (Å²) in [6.07, 6.45) is 0. The van der Waals surface area contributed by atoms with Gasteiger partial charge in [0.2, 0.25) is 10.0 Å². The number of hydrogen-bond acceptors (Lipinski definition) is 5. The minimum absolute atomic E-state index is 0.0410. The van der Waals surface area contributed by atoms with Crippen LogP contribution >= 0.6 is 0 Å². The molecule has 1 heterocycles. The molecule has 1 aliphatic heterocycles. The van der Waals surface area contributed by atoms with Gasteiger partial charge in [-0.2, -0.15) is 0 Å². The highest BCUT2D eigenvalue weighted by molar-refractivity contribution is 7.89. The van der Waals surface area contributed by atoms with Crippen molar-refractivity contribution in [1.29, 1.82) is 0 Å². The number of rotatable bonds is 8. The van der Waals surface area contributed by atoms with Crippen LogP contribution < -0.4 is 10.0 Å². The fourth-order valence-electron chi connectivity index (χ4n) is 3.86. The third-order valence-electron chi connectivity index (χ3n) is 5.77. The molecule has 0 aromatic heterocycles. The molecule has 0 saturated heterocycles. The van der Waals surface area contributed by atoms with E-state index in [0.29, 0.717) is 27.8 Å². The highest BCUT2D eigenvalue weighted by atomic mass is 32.2. The molecule has 9 heteroatoms. The first-order valence-electron chi connectivity index (χ1n) is 11.1. The first-order valence-corrected chi connectivity index (χ1v) is 12.5. The molecular formula is C26H25N3O5S. The summed E-state index contributed by atoms with van der Waals surface area (Å²) >= 11 is 0. The van der Waals surface area contributed by atoms with Gasteiger partial charge in [-0.15, -0.1) is 0 Å². The first-order chi connectivity index (χ1) is 16.7. The van der Waals surface area contributed by atoms with E-state index in [1.54, 1.807) is 67.6 Å². The Kier molecular flexibility index (Phi) is 6.81. The van der Waals surface area contributed by atoms with Crippen molar-refractivity contribution in [2.24, 2.45) is 0 Å². The molecule has 0 aliphatic carbocycles. The molecule has 0 fully saturated rings. The summed E-state index contributed by atoms with van der Waals surface area (Å²) in [6.45, 7) is 3.81. The Morgan fingerprint density at radius 3 is 2.11 bits per heavy atom. The smallest absolute Gasteiger partial charge is 0.261 e. The molecule has 0 bridgehead atoms. The quantitative estimate of drug-likeness (QED) is 0.372. The monoisotopic (exact) mass is 491 g/mol. The Hall–Kier alpha value is -3.82. The van der Waals surface area contributed by atoms with Crippen LogP contribution in [0, 0.1) is 13.8 Å². The lowest BCUT2D eigenvalue weighted by Crippen LogP contribution is -2.35. The summed E-state index contributed by atoms with van der Waals surface area (Å²) < 4.78 is 27.6. The van der Waals surface area contributed by atoms with E-state index in [4.69, 9.17) is 0 Å². The first kappa shape index (κ1) is 24.3. The molecule has 180 valence electrons. The van der Waals surface area contributed by atoms with Crippen LogP contribution in [-0.2, 0) is 16.6 Å². The zero-order chi connectivity index (χ0) is 25.2. The number of carbonyl (C=O) groups excluding carboxylic acids is 3. The number of imide groups is 1. The van der Waals surface area contributed by atoms with Crippen LogP contribution in [0.2, 0.25) is 0 Å². The van der Waals surface area contributed by atoms with Crippen LogP contribution in [0.5, 0.6) is 0 Å². The van der Waals surface area contributed by atoms with E-state index < -0.39 is 10.0 Å². The zero-order valence-electron chi connectivity index (χ0n) is 19.4. The van der Waals surface area contributed by atoms with Gasteiger partial charge in [0.15, 0.2) is 0 Å². The van der Waals surface area contributed by atoms with E-state index in [1.807, 2.05) is 13.0 Å². The largest absolute Gasteiger partial charge is 0.351 e. The SMILES string of the molecule is Cc1ccc(C)c(S(=O)(=O)NCCNC(=O)c2ccc(CN3C(=O)c4ccccc4C3=O)cc2)c1. The van der Waals surface area contributed by atoms with Crippen LogP contribution in [0.4, 0.5) is 0 Å². The molecule has 3 aromatic rings. The number of nitrogens with zero attached hydrogens (tertiary/aromatic N) is 1. The molecule has 35 heavy (non-hydrogen) atoms. The summed E-state index contributed by atoms with van der Waals surface area (Å²) in [5.74, 6) is -1.03. The summed E-state index contributed by atoms with van der Waals surface area (Å²) in [6, 6.07) is 18.5. The molecule has 0 radical (unpaired) electrons. The minimum atomic E-state index is -3.68. The summed E-state index contributed by atoms with van der Waals surface area (Å²) in [4.78, 5) is 38.9. The molecule has 0 atom stereocenters. The van der Waals surface area contributed by atoms with Crippen molar-refractivity contribution in [1.82, 2.24) is 14.9 Å². The predicted octanol–water partition coefficient (Wildman–Crippen LogP) is 2.81. The van der Waals surface area contributed by atoms with Crippen LogP contribution in [0.25, 0.3) is 0 Å². The van der Waals surface area contributed by atoms with E-state index in [9.17, 15) is 22.8 Å². The molecule has 1 aliphatic rings. The fraction of sp³-hybridized carbons (Fsp3) is 0.192. The van der Waals surface area contributed by atoms with Gasteiger partial charge in [-0.1, -0.05) is 36.4 Å².